The van der Waals surface area contributed by atoms with Crippen molar-refractivity contribution in [1.29, 1.82) is 0 Å². The second-order valence-electron chi connectivity index (χ2n) is 5.99. The molecular formula is C16H19BrO2. The molecule has 0 spiro atoms. The van der Waals surface area contributed by atoms with Crippen molar-refractivity contribution in [2.45, 2.75) is 43.9 Å². The Bertz CT molecular complexity index is 476. The van der Waals surface area contributed by atoms with Gasteiger partial charge in [-0.25, -0.2) is 0 Å². The number of hydrogen-bond acceptors (Lipinski definition) is 1. The maximum atomic E-state index is 11.8. The Labute approximate surface area is 122 Å². The first-order valence-electron chi connectivity index (χ1n) is 7.14. The maximum absolute atomic E-state index is 11.8. The third-order valence-electron chi connectivity index (χ3n) is 4.97. The predicted molar refractivity (Wildman–Crippen MR) is 78.1 cm³/mol. The van der Waals surface area contributed by atoms with Crippen molar-refractivity contribution >= 4 is 21.9 Å². The Kier molecular flexibility index (Phi) is 3.42. The molecule has 3 heteroatoms. The minimum Gasteiger partial charge on any atom is -0.481 e. The summed E-state index contributed by atoms with van der Waals surface area (Å²) < 4.78 is 1.01. The molecule has 0 amide bonds. The molecule has 2 nitrogen and oxygen atoms in total. The molecule has 2 aliphatic carbocycles. The van der Waals surface area contributed by atoms with E-state index in [2.05, 4.69) is 15.9 Å². The zero-order chi connectivity index (χ0) is 13.5. The number of carboxylic acid groups (broad SMARTS) is 1. The van der Waals surface area contributed by atoms with Gasteiger partial charge in [-0.15, -0.1) is 0 Å². The van der Waals surface area contributed by atoms with Gasteiger partial charge in [0.25, 0.3) is 0 Å². The molecule has 0 saturated heterocycles. The van der Waals surface area contributed by atoms with Crippen LogP contribution >= 0.6 is 15.9 Å². The molecule has 0 radical (unpaired) electrons. The van der Waals surface area contributed by atoms with Gasteiger partial charge < -0.3 is 5.11 Å². The second-order valence-corrected chi connectivity index (χ2v) is 6.91. The molecule has 2 saturated carbocycles. The van der Waals surface area contributed by atoms with Crippen molar-refractivity contribution in [3.8, 4) is 0 Å². The first kappa shape index (κ1) is 13.2. The molecule has 2 aliphatic rings. The molecule has 1 aromatic carbocycles. The van der Waals surface area contributed by atoms with Crippen LogP contribution in [0.4, 0.5) is 0 Å². The van der Waals surface area contributed by atoms with Gasteiger partial charge in [-0.05, 0) is 36.0 Å². The molecule has 2 atom stereocenters. The van der Waals surface area contributed by atoms with Gasteiger partial charge >= 0.3 is 5.97 Å². The summed E-state index contributed by atoms with van der Waals surface area (Å²) in [6, 6.07) is 7.86. The fourth-order valence-electron chi connectivity index (χ4n) is 3.84. The molecule has 1 aromatic rings. The fourth-order valence-corrected chi connectivity index (χ4v) is 4.11. The summed E-state index contributed by atoms with van der Waals surface area (Å²) in [6.45, 7) is 0. The van der Waals surface area contributed by atoms with E-state index in [4.69, 9.17) is 0 Å². The van der Waals surface area contributed by atoms with Gasteiger partial charge in [-0.2, -0.15) is 0 Å². The van der Waals surface area contributed by atoms with Gasteiger partial charge in [-0.1, -0.05) is 60.2 Å². The predicted octanol–water partition coefficient (Wildman–Crippen LogP) is 4.37. The van der Waals surface area contributed by atoms with Crippen LogP contribution in [0.1, 0.15) is 44.1 Å². The molecule has 1 N–H and O–H groups in total. The standard InChI is InChI=1S/C16H19BrO2/c17-13-8-6-12(7-9-13)16(15(18)19)10-14(16)11-4-2-1-3-5-11/h6-9,11,14H,1-5,10H2,(H,18,19). The summed E-state index contributed by atoms with van der Waals surface area (Å²) in [5, 5.41) is 9.72. The van der Waals surface area contributed by atoms with E-state index >= 15 is 0 Å². The van der Waals surface area contributed by atoms with Crippen LogP contribution in [-0.4, -0.2) is 11.1 Å². The minimum atomic E-state index is -0.634. The van der Waals surface area contributed by atoms with Crippen LogP contribution in [-0.2, 0) is 10.2 Å². The molecule has 2 unspecified atom stereocenters. The highest BCUT2D eigenvalue weighted by Crippen LogP contribution is 2.60. The first-order valence-corrected chi connectivity index (χ1v) is 7.93. The van der Waals surface area contributed by atoms with E-state index in [-0.39, 0.29) is 0 Å². The van der Waals surface area contributed by atoms with E-state index in [1.165, 1.54) is 32.1 Å². The third kappa shape index (κ3) is 2.22. The topological polar surface area (TPSA) is 37.3 Å². The van der Waals surface area contributed by atoms with Crippen LogP contribution in [0.25, 0.3) is 0 Å². The van der Waals surface area contributed by atoms with Crippen LogP contribution in [0.15, 0.2) is 28.7 Å². The largest absolute Gasteiger partial charge is 0.481 e. The lowest BCUT2D eigenvalue weighted by molar-refractivity contribution is -0.140. The molecule has 0 bridgehead atoms. The second kappa shape index (κ2) is 4.93. The number of halogens is 1. The molecule has 0 aliphatic heterocycles. The van der Waals surface area contributed by atoms with Crippen molar-refractivity contribution in [2.75, 3.05) is 0 Å². The summed E-state index contributed by atoms with van der Waals surface area (Å²) >= 11 is 3.41. The van der Waals surface area contributed by atoms with E-state index in [0.29, 0.717) is 11.8 Å². The third-order valence-corrected chi connectivity index (χ3v) is 5.50. The Morgan fingerprint density at radius 3 is 2.37 bits per heavy atom. The van der Waals surface area contributed by atoms with Crippen LogP contribution < -0.4 is 0 Å². The van der Waals surface area contributed by atoms with E-state index in [1.807, 2.05) is 24.3 Å². The Morgan fingerprint density at radius 2 is 1.79 bits per heavy atom. The summed E-state index contributed by atoms with van der Waals surface area (Å²) in [7, 11) is 0. The Hall–Kier alpha value is -0.830. The number of aliphatic carboxylic acids is 1. The number of rotatable bonds is 3. The van der Waals surface area contributed by atoms with Crippen LogP contribution in [0.3, 0.4) is 0 Å². The number of hydrogen-bond donors (Lipinski definition) is 1. The van der Waals surface area contributed by atoms with Gasteiger partial charge in [0.15, 0.2) is 0 Å². The molecular weight excluding hydrogens is 304 g/mol. The zero-order valence-corrected chi connectivity index (χ0v) is 12.5. The lowest BCUT2D eigenvalue weighted by Gasteiger charge is -2.24. The van der Waals surface area contributed by atoms with Crippen LogP contribution in [0.5, 0.6) is 0 Å². The average Bonchev–Trinajstić information content (AvgIpc) is 3.17. The summed E-state index contributed by atoms with van der Waals surface area (Å²) in [4.78, 5) is 11.8. The molecule has 19 heavy (non-hydrogen) atoms. The number of carbonyl (C=O) groups is 1. The smallest absolute Gasteiger partial charge is 0.314 e. The van der Waals surface area contributed by atoms with E-state index in [0.717, 1.165) is 16.5 Å². The van der Waals surface area contributed by atoms with Crippen molar-refractivity contribution in [1.82, 2.24) is 0 Å². The lowest BCUT2D eigenvalue weighted by atomic mass is 9.80. The average molecular weight is 323 g/mol. The SMILES string of the molecule is O=C(O)C1(c2ccc(Br)cc2)CC1C1CCCCC1. The number of carboxylic acids is 1. The van der Waals surface area contributed by atoms with Gasteiger partial charge in [0.1, 0.15) is 0 Å². The highest BCUT2D eigenvalue weighted by molar-refractivity contribution is 9.10. The van der Waals surface area contributed by atoms with Crippen molar-refractivity contribution < 1.29 is 9.90 Å². The van der Waals surface area contributed by atoms with E-state index in [9.17, 15) is 9.90 Å². The number of benzene rings is 1. The molecule has 102 valence electrons. The lowest BCUT2D eigenvalue weighted by Crippen LogP contribution is -2.26. The quantitative estimate of drug-likeness (QED) is 0.897. The molecule has 0 heterocycles. The highest BCUT2D eigenvalue weighted by atomic mass is 79.9. The normalized spacial score (nSPS) is 31.1. The summed E-state index contributed by atoms with van der Waals surface area (Å²) in [5.74, 6) is 0.338. The van der Waals surface area contributed by atoms with Gasteiger partial charge in [0, 0.05) is 4.47 Å². The van der Waals surface area contributed by atoms with Crippen LogP contribution in [0, 0.1) is 11.8 Å². The van der Waals surface area contributed by atoms with Crippen molar-refractivity contribution in [2.24, 2.45) is 11.8 Å². The Morgan fingerprint density at radius 1 is 1.16 bits per heavy atom. The summed E-state index contributed by atoms with van der Waals surface area (Å²) in [6.07, 6.45) is 7.14. The fraction of sp³-hybridized carbons (Fsp3) is 0.562. The van der Waals surface area contributed by atoms with Crippen molar-refractivity contribution in [3.05, 3.63) is 34.3 Å². The molecule has 3 rings (SSSR count). The van der Waals surface area contributed by atoms with Crippen molar-refractivity contribution in [3.63, 3.8) is 0 Å². The van der Waals surface area contributed by atoms with Crippen LogP contribution in [0.2, 0.25) is 0 Å². The monoisotopic (exact) mass is 322 g/mol. The maximum Gasteiger partial charge on any atom is 0.314 e. The molecule has 2 fully saturated rings. The van der Waals surface area contributed by atoms with Gasteiger partial charge in [0.2, 0.25) is 0 Å². The minimum absolute atomic E-state index is 0.353. The van der Waals surface area contributed by atoms with E-state index < -0.39 is 11.4 Å². The summed E-state index contributed by atoms with van der Waals surface area (Å²) in [5.41, 5.74) is 0.390. The van der Waals surface area contributed by atoms with Gasteiger partial charge in [-0.3, -0.25) is 4.79 Å². The molecule has 0 aromatic heterocycles. The zero-order valence-electron chi connectivity index (χ0n) is 10.9. The highest BCUT2D eigenvalue weighted by Gasteiger charge is 2.63. The first-order chi connectivity index (χ1) is 9.14. The Balaban J connectivity index is 1.86. The van der Waals surface area contributed by atoms with Gasteiger partial charge in [0.05, 0.1) is 5.41 Å². The van der Waals surface area contributed by atoms with E-state index in [1.54, 1.807) is 0 Å².